The summed E-state index contributed by atoms with van der Waals surface area (Å²) in [5.74, 6) is -0.758. The van der Waals surface area contributed by atoms with Crippen LogP contribution in [-0.2, 0) is 6.54 Å². The minimum Gasteiger partial charge on any atom is -0.366 e. The Kier molecular flexibility index (Phi) is 4.13. The predicted molar refractivity (Wildman–Crippen MR) is 76.9 cm³/mol. The number of carbonyl (C=O) groups is 1. The Balaban J connectivity index is 2.49. The third kappa shape index (κ3) is 3.14. The summed E-state index contributed by atoms with van der Waals surface area (Å²) in [4.78, 5) is 37.2. The van der Waals surface area contributed by atoms with E-state index in [0.29, 0.717) is 0 Å². The maximum atomic E-state index is 11.9. The van der Waals surface area contributed by atoms with Gasteiger partial charge in [0.1, 0.15) is 4.47 Å². The molecule has 2 N–H and O–H groups in total. The van der Waals surface area contributed by atoms with Gasteiger partial charge in [0, 0.05) is 23.4 Å². The topological polar surface area (TPSA) is 121 Å². The quantitative estimate of drug-likeness (QED) is 0.651. The normalized spacial score (nSPS) is 10.3. The number of rotatable bonds is 4. The number of nitrogens with two attached hydrogens (primary N) is 1. The molecule has 108 valence electrons. The van der Waals surface area contributed by atoms with Crippen LogP contribution >= 0.6 is 15.9 Å². The number of nitro benzene ring substituents is 1. The molecule has 8 nitrogen and oxygen atoms in total. The molecule has 1 amide bonds. The third-order valence-corrected chi connectivity index (χ3v) is 3.31. The van der Waals surface area contributed by atoms with Gasteiger partial charge in [0.05, 0.1) is 17.8 Å². The number of hydrogen-bond acceptors (Lipinski definition) is 5. The highest BCUT2D eigenvalue weighted by molar-refractivity contribution is 9.10. The molecule has 0 atom stereocenters. The second kappa shape index (κ2) is 5.83. The number of benzene rings is 1. The third-order valence-electron chi connectivity index (χ3n) is 2.77. The molecule has 2 rings (SSSR count). The van der Waals surface area contributed by atoms with Crippen molar-refractivity contribution in [3.8, 4) is 0 Å². The van der Waals surface area contributed by atoms with Gasteiger partial charge in [-0.15, -0.1) is 0 Å². The van der Waals surface area contributed by atoms with Crippen LogP contribution in [0.2, 0.25) is 0 Å². The zero-order valence-corrected chi connectivity index (χ0v) is 12.1. The van der Waals surface area contributed by atoms with Gasteiger partial charge in [0.25, 0.3) is 11.2 Å². The Bertz CT molecular complexity index is 787. The summed E-state index contributed by atoms with van der Waals surface area (Å²) in [6.07, 6.45) is 2.61. The van der Waals surface area contributed by atoms with E-state index in [9.17, 15) is 19.7 Å². The van der Waals surface area contributed by atoms with Crippen molar-refractivity contribution in [3.05, 3.63) is 66.8 Å². The minimum absolute atomic E-state index is 0.0326. The van der Waals surface area contributed by atoms with E-state index in [1.54, 1.807) is 0 Å². The average molecular weight is 353 g/mol. The Hall–Kier alpha value is -2.55. The number of amides is 1. The lowest BCUT2D eigenvalue weighted by Crippen LogP contribution is -2.22. The van der Waals surface area contributed by atoms with Crippen molar-refractivity contribution >= 4 is 27.5 Å². The number of aromatic nitrogens is 2. The number of nitrogens with zero attached hydrogens (tertiary/aromatic N) is 3. The summed E-state index contributed by atoms with van der Waals surface area (Å²) in [6, 6.07) is 3.86. The van der Waals surface area contributed by atoms with Gasteiger partial charge in [0.2, 0.25) is 5.91 Å². The minimum atomic E-state index is -0.758. The molecule has 0 spiro atoms. The van der Waals surface area contributed by atoms with Gasteiger partial charge >= 0.3 is 0 Å². The van der Waals surface area contributed by atoms with Gasteiger partial charge in [-0.3, -0.25) is 24.3 Å². The monoisotopic (exact) mass is 352 g/mol. The van der Waals surface area contributed by atoms with Crippen molar-refractivity contribution in [2.45, 2.75) is 6.54 Å². The lowest BCUT2D eigenvalue weighted by Gasteiger charge is -2.07. The zero-order chi connectivity index (χ0) is 15.6. The van der Waals surface area contributed by atoms with Gasteiger partial charge in [-0.05, 0) is 28.1 Å². The van der Waals surface area contributed by atoms with Gasteiger partial charge in [-0.1, -0.05) is 0 Å². The van der Waals surface area contributed by atoms with Crippen LogP contribution in [0, 0.1) is 10.1 Å². The second-order valence-corrected chi connectivity index (χ2v) is 4.99. The first-order valence-electron chi connectivity index (χ1n) is 5.67. The summed E-state index contributed by atoms with van der Waals surface area (Å²) in [5.41, 5.74) is 4.76. The molecular formula is C12H9BrN4O4. The molecule has 0 bridgehead atoms. The predicted octanol–water partition coefficient (Wildman–Crippen LogP) is 1.06. The molecular weight excluding hydrogens is 344 g/mol. The fourth-order valence-electron chi connectivity index (χ4n) is 1.74. The smallest absolute Gasteiger partial charge is 0.275 e. The lowest BCUT2D eigenvalue weighted by molar-refractivity contribution is -0.385. The molecule has 0 fully saturated rings. The number of hydrogen-bond donors (Lipinski definition) is 1. The van der Waals surface area contributed by atoms with Crippen molar-refractivity contribution in [1.29, 1.82) is 0 Å². The number of nitro groups is 1. The molecule has 1 aromatic carbocycles. The molecule has 0 unspecified atom stereocenters. The SMILES string of the molecule is NC(=O)c1ccc(Cn2cncc(Br)c2=O)c([N+](=O)[O-])c1. The second-order valence-electron chi connectivity index (χ2n) is 4.14. The van der Waals surface area contributed by atoms with E-state index in [-0.39, 0.29) is 33.4 Å². The van der Waals surface area contributed by atoms with Gasteiger partial charge in [-0.2, -0.15) is 0 Å². The fourth-order valence-corrected chi connectivity index (χ4v) is 2.09. The number of primary amides is 1. The maximum absolute atomic E-state index is 11.9. The molecule has 21 heavy (non-hydrogen) atoms. The highest BCUT2D eigenvalue weighted by Gasteiger charge is 2.17. The first-order chi connectivity index (χ1) is 9.90. The van der Waals surface area contributed by atoms with Crippen molar-refractivity contribution in [2.75, 3.05) is 0 Å². The standard InChI is InChI=1S/C12H9BrN4O4/c13-9-4-15-6-16(12(9)19)5-8-2-1-7(11(14)18)3-10(8)17(20)21/h1-4,6H,5H2,(H2,14,18). The Morgan fingerprint density at radius 1 is 1.48 bits per heavy atom. The molecule has 1 aromatic heterocycles. The zero-order valence-electron chi connectivity index (χ0n) is 10.5. The molecule has 0 radical (unpaired) electrons. The average Bonchev–Trinajstić information content (AvgIpc) is 2.43. The van der Waals surface area contributed by atoms with Crippen LogP contribution < -0.4 is 11.3 Å². The largest absolute Gasteiger partial charge is 0.366 e. The highest BCUT2D eigenvalue weighted by Crippen LogP contribution is 2.21. The van der Waals surface area contributed by atoms with E-state index in [1.165, 1.54) is 29.2 Å². The van der Waals surface area contributed by atoms with E-state index in [4.69, 9.17) is 5.73 Å². The van der Waals surface area contributed by atoms with Crippen molar-refractivity contribution < 1.29 is 9.72 Å². The molecule has 2 aromatic rings. The molecule has 0 aliphatic heterocycles. The van der Waals surface area contributed by atoms with Crippen LogP contribution in [0.4, 0.5) is 5.69 Å². The molecule has 0 saturated heterocycles. The lowest BCUT2D eigenvalue weighted by atomic mass is 10.1. The fraction of sp³-hybridized carbons (Fsp3) is 0.0833. The first kappa shape index (κ1) is 14.9. The maximum Gasteiger partial charge on any atom is 0.275 e. The molecule has 9 heteroatoms. The van der Waals surface area contributed by atoms with Crippen molar-refractivity contribution in [2.24, 2.45) is 5.73 Å². The molecule has 1 heterocycles. The van der Waals surface area contributed by atoms with Crippen LogP contribution in [0.15, 0.2) is 40.0 Å². The van der Waals surface area contributed by atoms with Crippen LogP contribution in [0.5, 0.6) is 0 Å². The van der Waals surface area contributed by atoms with Gasteiger partial charge < -0.3 is 5.73 Å². The van der Waals surface area contributed by atoms with Crippen molar-refractivity contribution in [3.63, 3.8) is 0 Å². The molecule has 0 aliphatic carbocycles. The summed E-state index contributed by atoms with van der Waals surface area (Å²) in [7, 11) is 0. The van der Waals surface area contributed by atoms with E-state index in [1.807, 2.05) is 0 Å². The van der Waals surface area contributed by atoms with E-state index >= 15 is 0 Å². The summed E-state index contributed by atoms with van der Waals surface area (Å²) in [6.45, 7) is -0.0410. The molecule has 0 saturated carbocycles. The first-order valence-corrected chi connectivity index (χ1v) is 6.46. The van der Waals surface area contributed by atoms with E-state index < -0.39 is 10.8 Å². The Labute approximate surface area is 126 Å². The van der Waals surface area contributed by atoms with E-state index in [2.05, 4.69) is 20.9 Å². The van der Waals surface area contributed by atoms with Crippen LogP contribution in [0.1, 0.15) is 15.9 Å². The number of carbonyl (C=O) groups excluding carboxylic acids is 1. The van der Waals surface area contributed by atoms with Gasteiger partial charge in [0.15, 0.2) is 0 Å². The Morgan fingerprint density at radius 2 is 2.19 bits per heavy atom. The highest BCUT2D eigenvalue weighted by atomic mass is 79.9. The summed E-state index contributed by atoms with van der Waals surface area (Å²) < 4.78 is 1.47. The van der Waals surface area contributed by atoms with E-state index in [0.717, 1.165) is 6.07 Å². The number of halogens is 1. The van der Waals surface area contributed by atoms with Crippen LogP contribution in [0.25, 0.3) is 0 Å². The van der Waals surface area contributed by atoms with Gasteiger partial charge in [-0.25, -0.2) is 4.98 Å². The van der Waals surface area contributed by atoms with Crippen molar-refractivity contribution in [1.82, 2.24) is 9.55 Å². The summed E-state index contributed by atoms with van der Waals surface area (Å²) >= 11 is 3.05. The Morgan fingerprint density at radius 3 is 2.81 bits per heavy atom. The molecule has 0 aliphatic rings. The summed E-state index contributed by atoms with van der Waals surface area (Å²) in [5, 5.41) is 11.1. The van der Waals surface area contributed by atoms with Crippen LogP contribution in [-0.4, -0.2) is 20.4 Å². The van der Waals surface area contributed by atoms with Crippen LogP contribution in [0.3, 0.4) is 0 Å².